The summed E-state index contributed by atoms with van der Waals surface area (Å²) in [5.74, 6) is -0.587. The molecule has 1 unspecified atom stereocenters. The molecule has 1 aliphatic heterocycles. The molecule has 2 aromatic rings. The van der Waals surface area contributed by atoms with Gasteiger partial charge < -0.3 is 14.3 Å². The van der Waals surface area contributed by atoms with Crippen LogP contribution in [0.2, 0.25) is 0 Å². The van der Waals surface area contributed by atoms with E-state index in [0.29, 0.717) is 23.4 Å². The molecule has 3 atom stereocenters. The third-order valence-corrected chi connectivity index (χ3v) is 5.84. The van der Waals surface area contributed by atoms with Crippen LogP contribution in [0.5, 0.6) is 0 Å². The lowest BCUT2D eigenvalue weighted by Crippen LogP contribution is -2.30. The van der Waals surface area contributed by atoms with Crippen molar-refractivity contribution in [3.8, 4) is 0 Å². The number of oxime groups is 1. The van der Waals surface area contributed by atoms with Crippen molar-refractivity contribution in [1.82, 2.24) is 0 Å². The molecule has 2 aliphatic rings. The summed E-state index contributed by atoms with van der Waals surface area (Å²) in [6, 6.07) is 17.6. The number of nitrogens with zero attached hydrogens (tertiary/aromatic N) is 1. The third kappa shape index (κ3) is 4.14. The molecular weight excluding hydrogens is 366 g/mol. The number of carbonyl (C=O) groups is 1. The summed E-state index contributed by atoms with van der Waals surface area (Å²) < 4.78 is 11.9. The smallest absolute Gasteiger partial charge is 0.339 e. The van der Waals surface area contributed by atoms with Crippen molar-refractivity contribution >= 4 is 11.9 Å². The lowest BCUT2D eigenvalue weighted by Gasteiger charge is -2.31. The van der Waals surface area contributed by atoms with Crippen molar-refractivity contribution in [2.45, 2.75) is 63.8 Å². The molecule has 0 saturated heterocycles. The zero-order valence-electron chi connectivity index (χ0n) is 17.0. The maximum atomic E-state index is 13.1. The van der Waals surface area contributed by atoms with E-state index in [4.69, 9.17) is 14.3 Å². The molecule has 5 nitrogen and oxygen atoms in total. The normalized spacial score (nSPS) is 26.2. The molecule has 0 bridgehead atoms. The predicted molar refractivity (Wildman–Crippen MR) is 111 cm³/mol. The Bertz CT molecular complexity index is 895. The van der Waals surface area contributed by atoms with Gasteiger partial charge in [0.25, 0.3) is 11.7 Å². The van der Waals surface area contributed by atoms with Crippen molar-refractivity contribution in [3.63, 3.8) is 0 Å². The summed E-state index contributed by atoms with van der Waals surface area (Å²) in [6.07, 6.45) is 4.65. The van der Waals surface area contributed by atoms with Crippen LogP contribution >= 0.6 is 0 Å². The summed E-state index contributed by atoms with van der Waals surface area (Å²) in [7, 11) is 0. The summed E-state index contributed by atoms with van der Waals surface area (Å²) >= 11 is 0. The molecule has 1 saturated carbocycles. The first kappa shape index (κ1) is 19.5. The van der Waals surface area contributed by atoms with Crippen LogP contribution in [-0.4, -0.2) is 23.8 Å². The highest BCUT2D eigenvalue weighted by Crippen LogP contribution is 2.36. The molecule has 2 aromatic carbocycles. The minimum atomic E-state index is -0.797. The summed E-state index contributed by atoms with van der Waals surface area (Å²) in [6.45, 7) is 3.79. The van der Waals surface area contributed by atoms with E-state index in [0.717, 1.165) is 25.7 Å². The van der Waals surface area contributed by atoms with E-state index < -0.39 is 5.79 Å². The van der Waals surface area contributed by atoms with E-state index in [1.165, 1.54) is 5.56 Å². The summed E-state index contributed by atoms with van der Waals surface area (Å²) in [4.78, 5) is 18.6. The fourth-order valence-corrected chi connectivity index (χ4v) is 3.99. The van der Waals surface area contributed by atoms with E-state index in [-0.39, 0.29) is 18.0 Å². The zero-order chi connectivity index (χ0) is 20.3. The van der Waals surface area contributed by atoms with Crippen LogP contribution in [0, 0.1) is 0 Å². The first-order chi connectivity index (χ1) is 14.1. The van der Waals surface area contributed by atoms with Gasteiger partial charge in [0.1, 0.15) is 6.10 Å². The lowest BCUT2D eigenvalue weighted by molar-refractivity contribution is -0.146. The molecule has 0 aromatic heterocycles. The van der Waals surface area contributed by atoms with Crippen LogP contribution < -0.4 is 0 Å². The highest BCUT2D eigenvalue weighted by molar-refractivity contribution is 6.05. The van der Waals surface area contributed by atoms with Crippen molar-refractivity contribution in [2.24, 2.45) is 5.16 Å². The minimum Gasteiger partial charge on any atom is -0.458 e. The third-order valence-electron chi connectivity index (χ3n) is 5.84. The zero-order valence-corrected chi connectivity index (χ0v) is 17.0. The second-order valence-corrected chi connectivity index (χ2v) is 7.87. The van der Waals surface area contributed by atoms with Crippen molar-refractivity contribution in [3.05, 3.63) is 71.3 Å². The predicted octanol–water partition coefficient (Wildman–Crippen LogP) is 5.40. The molecule has 4 rings (SSSR count). The largest absolute Gasteiger partial charge is 0.458 e. The Labute approximate surface area is 171 Å². The van der Waals surface area contributed by atoms with Gasteiger partial charge in [0.05, 0.1) is 11.1 Å². The van der Waals surface area contributed by atoms with Crippen molar-refractivity contribution < 1.29 is 19.1 Å². The first-order valence-corrected chi connectivity index (χ1v) is 10.4. The Kier molecular flexibility index (Phi) is 5.56. The molecular formula is C24H27NO4. The average molecular weight is 393 g/mol. The monoisotopic (exact) mass is 393 g/mol. The van der Waals surface area contributed by atoms with Gasteiger partial charge in [-0.25, -0.2) is 4.79 Å². The van der Waals surface area contributed by atoms with Gasteiger partial charge in [0.15, 0.2) is 0 Å². The van der Waals surface area contributed by atoms with Gasteiger partial charge in [0, 0.05) is 19.3 Å². The van der Waals surface area contributed by atoms with Crippen LogP contribution in [0.3, 0.4) is 0 Å². The van der Waals surface area contributed by atoms with Gasteiger partial charge in [-0.1, -0.05) is 55.8 Å². The molecule has 0 radical (unpaired) electrons. The van der Waals surface area contributed by atoms with Crippen molar-refractivity contribution in [2.75, 3.05) is 0 Å². The topological polar surface area (TPSA) is 57.1 Å². The van der Waals surface area contributed by atoms with Gasteiger partial charge in [-0.15, -0.1) is 0 Å². The second-order valence-electron chi connectivity index (χ2n) is 7.87. The maximum absolute atomic E-state index is 13.1. The van der Waals surface area contributed by atoms with Gasteiger partial charge in [-0.05, 0) is 42.1 Å². The molecule has 5 heteroatoms. The number of hydrogen-bond acceptors (Lipinski definition) is 5. The number of hydrogen-bond donors (Lipinski definition) is 0. The molecule has 29 heavy (non-hydrogen) atoms. The van der Waals surface area contributed by atoms with E-state index >= 15 is 0 Å². The highest BCUT2D eigenvalue weighted by Gasteiger charge is 2.36. The SMILES string of the molecule is CCC1(C)ON=C(c2ccccc2C(=O)O[C@@H]2CCCC[C@H]2c2ccccc2)O1. The van der Waals surface area contributed by atoms with Crippen LogP contribution in [0.4, 0.5) is 0 Å². The Morgan fingerprint density at radius 2 is 1.83 bits per heavy atom. The molecule has 1 heterocycles. The van der Waals surface area contributed by atoms with E-state index in [9.17, 15) is 4.79 Å². The number of carbonyl (C=O) groups excluding carboxylic acids is 1. The molecule has 0 amide bonds. The number of rotatable bonds is 5. The van der Waals surface area contributed by atoms with Crippen LogP contribution in [0.25, 0.3) is 0 Å². The number of ether oxygens (including phenoxy) is 2. The molecule has 1 aliphatic carbocycles. The Hall–Kier alpha value is -2.82. The number of benzene rings is 2. The second kappa shape index (κ2) is 8.27. The molecule has 152 valence electrons. The lowest BCUT2D eigenvalue weighted by atomic mass is 9.81. The van der Waals surface area contributed by atoms with E-state index in [1.54, 1.807) is 6.07 Å². The van der Waals surface area contributed by atoms with Gasteiger partial charge in [-0.2, -0.15) is 0 Å². The van der Waals surface area contributed by atoms with Crippen molar-refractivity contribution in [1.29, 1.82) is 0 Å². The van der Waals surface area contributed by atoms with Crippen LogP contribution in [-0.2, 0) is 14.3 Å². The van der Waals surface area contributed by atoms with Crippen LogP contribution in [0.15, 0.2) is 59.8 Å². The fraction of sp³-hybridized carbons (Fsp3) is 0.417. The Balaban J connectivity index is 1.54. The molecule has 0 N–H and O–H groups in total. The van der Waals surface area contributed by atoms with Gasteiger partial charge in [-0.3, -0.25) is 0 Å². The maximum Gasteiger partial charge on any atom is 0.339 e. The Morgan fingerprint density at radius 3 is 2.59 bits per heavy atom. The summed E-state index contributed by atoms with van der Waals surface area (Å²) in [5.41, 5.74) is 2.28. The quantitative estimate of drug-likeness (QED) is 0.638. The van der Waals surface area contributed by atoms with Gasteiger partial charge >= 0.3 is 5.97 Å². The van der Waals surface area contributed by atoms with E-state index in [2.05, 4.69) is 17.3 Å². The fourth-order valence-electron chi connectivity index (χ4n) is 3.99. The highest BCUT2D eigenvalue weighted by atomic mass is 16.8. The van der Waals surface area contributed by atoms with Crippen LogP contribution in [0.1, 0.15) is 73.4 Å². The minimum absolute atomic E-state index is 0.129. The first-order valence-electron chi connectivity index (χ1n) is 10.4. The molecule has 1 fully saturated rings. The summed E-state index contributed by atoms with van der Waals surface area (Å²) in [5, 5.41) is 4.07. The molecule has 0 spiro atoms. The Morgan fingerprint density at radius 1 is 1.10 bits per heavy atom. The number of esters is 1. The standard InChI is InChI=1S/C24H27NO4/c1-3-24(2)28-22(25-29-24)19-14-7-8-15-20(19)23(26)27-21-16-10-9-13-18(21)17-11-5-4-6-12-17/h4-8,11-12,14-15,18,21H,3,9-10,13,16H2,1-2H3/t18-,21+,24?/m0/s1. The van der Waals surface area contributed by atoms with Gasteiger partial charge in [0.2, 0.25) is 0 Å². The van der Waals surface area contributed by atoms with E-state index in [1.807, 2.05) is 50.2 Å². The average Bonchev–Trinajstić information content (AvgIpc) is 3.17.